The van der Waals surface area contributed by atoms with Crippen LogP contribution in [0.2, 0.25) is 5.02 Å². The van der Waals surface area contributed by atoms with Gasteiger partial charge in [0, 0.05) is 40.0 Å². The number of pyridine rings is 1. The van der Waals surface area contributed by atoms with Crippen LogP contribution in [0, 0.1) is 6.92 Å². The van der Waals surface area contributed by atoms with Gasteiger partial charge in [0.05, 0.1) is 5.56 Å². The summed E-state index contributed by atoms with van der Waals surface area (Å²) in [7, 11) is 0. The van der Waals surface area contributed by atoms with Gasteiger partial charge in [0.1, 0.15) is 11.4 Å². The summed E-state index contributed by atoms with van der Waals surface area (Å²) in [5.41, 5.74) is -0.825. The number of ketones is 1. The number of nitrogens with one attached hydrogen (secondary N) is 1. The van der Waals surface area contributed by atoms with E-state index in [4.69, 9.17) is 11.6 Å². The van der Waals surface area contributed by atoms with E-state index in [1.807, 2.05) is 0 Å². The van der Waals surface area contributed by atoms with E-state index in [1.54, 1.807) is 19.1 Å². The number of aromatic nitrogens is 2. The molecule has 0 radical (unpaired) electrons. The molecule has 10 heteroatoms. The van der Waals surface area contributed by atoms with Gasteiger partial charge in [-0.3, -0.25) is 14.6 Å². The van der Waals surface area contributed by atoms with E-state index >= 15 is 0 Å². The summed E-state index contributed by atoms with van der Waals surface area (Å²) >= 11 is 5.88. The first kappa shape index (κ1) is 23.3. The Labute approximate surface area is 196 Å². The number of anilines is 1. The third-order valence-electron chi connectivity index (χ3n) is 5.16. The molecule has 2 heterocycles. The van der Waals surface area contributed by atoms with Gasteiger partial charge in [-0.1, -0.05) is 23.7 Å². The molecule has 34 heavy (non-hydrogen) atoms. The lowest BCUT2D eigenvalue weighted by molar-refractivity contribution is -0.143. The molecule has 0 aliphatic rings. The number of fused-ring (bicyclic) bond motifs is 1. The number of alkyl halides is 3. The SMILES string of the molecule is Cc1cc(NC(=O)C(=O)c2c(C(F)(F)F)n(Cc3ccc(Cl)cc3)c3ccc(O)cc23)ccn1. The van der Waals surface area contributed by atoms with Crippen molar-refractivity contribution in [1.29, 1.82) is 0 Å². The second-order valence-corrected chi connectivity index (χ2v) is 8.04. The van der Waals surface area contributed by atoms with Crippen LogP contribution >= 0.6 is 11.6 Å². The molecule has 2 aromatic carbocycles. The first-order chi connectivity index (χ1) is 16.0. The minimum atomic E-state index is -4.97. The van der Waals surface area contributed by atoms with Gasteiger partial charge in [-0.05, 0) is 55.0 Å². The molecule has 0 unspecified atom stereocenters. The molecular weight excluding hydrogens is 471 g/mol. The fourth-order valence-corrected chi connectivity index (χ4v) is 3.85. The molecule has 4 aromatic rings. The molecule has 0 spiro atoms. The Morgan fingerprint density at radius 1 is 1.09 bits per heavy atom. The maximum absolute atomic E-state index is 14.3. The number of carbonyl (C=O) groups excluding carboxylic acids is 2. The Morgan fingerprint density at radius 3 is 2.44 bits per heavy atom. The third kappa shape index (κ3) is 4.60. The molecule has 1 amide bonds. The van der Waals surface area contributed by atoms with Gasteiger partial charge in [-0.25, -0.2) is 0 Å². The van der Waals surface area contributed by atoms with Crippen LogP contribution in [0.5, 0.6) is 5.75 Å². The molecular formula is C24H17ClF3N3O3. The third-order valence-corrected chi connectivity index (χ3v) is 5.41. The van der Waals surface area contributed by atoms with Crippen molar-refractivity contribution in [2.45, 2.75) is 19.6 Å². The first-order valence-electron chi connectivity index (χ1n) is 10.00. The van der Waals surface area contributed by atoms with Crippen molar-refractivity contribution in [3.8, 4) is 5.75 Å². The molecule has 2 N–H and O–H groups in total. The summed E-state index contributed by atoms with van der Waals surface area (Å²) in [5, 5.41) is 12.5. The van der Waals surface area contributed by atoms with E-state index in [9.17, 15) is 27.9 Å². The summed E-state index contributed by atoms with van der Waals surface area (Å²) in [6, 6.07) is 12.6. The zero-order chi connectivity index (χ0) is 24.6. The molecule has 4 rings (SSSR count). The van der Waals surface area contributed by atoms with Gasteiger partial charge in [0.2, 0.25) is 0 Å². The van der Waals surface area contributed by atoms with E-state index in [1.165, 1.54) is 42.6 Å². The molecule has 6 nitrogen and oxygen atoms in total. The quantitative estimate of drug-likeness (QED) is 0.284. The number of phenols is 1. The maximum atomic E-state index is 14.3. The van der Waals surface area contributed by atoms with Crippen molar-refractivity contribution >= 4 is 39.9 Å². The Morgan fingerprint density at radius 2 is 1.79 bits per heavy atom. The van der Waals surface area contributed by atoms with E-state index in [0.29, 0.717) is 16.3 Å². The highest BCUT2D eigenvalue weighted by Gasteiger charge is 2.42. The zero-order valence-corrected chi connectivity index (χ0v) is 18.4. The number of hydrogen-bond acceptors (Lipinski definition) is 4. The smallest absolute Gasteiger partial charge is 0.432 e. The molecule has 0 aliphatic carbocycles. The number of rotatable bonds is 5. The second-order valence-electron chi connectivity index (χ2n) is 7.60. The zero-order valence-electron chi connectivity index (χ0n) is 17.7. The van der Waals surface area contributed by atoms with Gasteiger partial charge < -0.3 is 15.0 Å². The average Bonchev–Trinajstić information content (AvgIpc) is 3.08. The number of aryl methyl sites for hydroxylation is 1. The second kappa shape index (κ2) is 8.83. The van der Waals surface area contributed by atoms with E-state index in [-0.39, 0.29) is 28.9 Å². The molecule has 0 fully saturated rings. The Hall–Kier alpha value is -3.85. The number of phenolic OH excluding ortho intramolecular Hbond substituents is 1. The number of Topliss-reactive ketones (excluding diaryl/α,β-unsaturated/α-hetero) is 1. The van der Waals surface area contributed by atoms with E-state index in [2.05, 4.69) is 10.3 Å². The molecule has 0 bridgehead atoms. The van der Waals surface area contributed by atoms with Gasteiger partial charge in [0.25, 0.3) is 11.7 Å². The van der Waals surface area contributed by atoms with Crippen LogP contribution in [-0.4, -0.2) is 26.3 Å². The molecule has 0 saturated carbocycles. The lowest BCUT2D eigenvalue weighted by Crippen LogP contribution is -2.26. The average molecular weight is 488 g/mol. The minimum absolute atomic E-state index is 0.0379. The lowest BCUT2D eigenvalue weighted by Gasteiger charge is -2.15. The Kier molecular flexibility index (Phi) is 6.05. The van der Waals surface area contributed by atoms with Gasteiger partial charge in [-0.2, -0.15) is 13.2 Å². The van der Waals surface area contributed by atoms with Crippen molar-refractivity contribution < 1.29 is 27.9 Å². The van der Waals surface area contributed by atoms with Gasteiger partial charge in [-0.15, -0.1) is 0 Å². The number of aromatic hydroxyl groups is 1. The summed E-state index contributed by atoms with van der Waals surface area (Å²) < 4.78 is 43.9. The van der Waals surface area contributed by atoms with Crippen LogP contribution in [-0.2, 0) is 17.5 Å². The summed E-state index contributed by atoms with van der Waals surface area (Å²) in [6.45, 7) is 1.41. The normalized spacial score (nSPS) is 11.6. The molecule has 0 atom stereocenters. The van der Waals surface area contributed by atoms with E-state index < -0.39 is 29.1 Å². The van der Waals surface area contributed by atoms with Gasteiger partial charge >= 0.3 is 6.18 Å². The standard InChI is InChI=1S/C24H17ClF3N3O3/c1-13-10-16(8-9-29-13)30-23(34)21(33)20-18-11-17(32)6-7-19(18)31(22(20)24(26,27)28)12-14-2-4-15(25)5-3-14/h2-11,32H,12H2,1H3,(H,29,30,34). The maximum Gasteiger partial charge on any atom is 0.432 e. The summed E-state index contributed by atoms with van der Waals surface area (Å²) in [4.78, 5) is 29.8. The Bertz CT molecular complexity index is 1410. The number of amides is 1. The molecule has 2 aromatic heterocycles. The van der Waals surface area contributed by atoms with E-state index in [0.717, 1.165) is 10.6 Å². The van der Waals surface area contributed by atoms with Gasteiger partial charge in [0.15, 0.2) is 0 Å². The summed E-state index contributed by atoms with van der Waals surface area (Å²) in [6.07, 6.45) is -3.58. The van der Waals surface area contributed by atoms with Crippen LogP contribution in [0.3, 0.4) is 0 Å². The topological polar surface area (TPSA) is 84.2 Å². The highest BCUT2D eigenvalue weighted by Crippen LogP contribution is 2.40. The fourth-order valence-electron chi connectivity index (χ4n) is 3.73. The van der Waals surface area contributed by atoms with Crippen molar-refractivity contribution in [1.82, 2.24) is 9.55 Å². The number of carbonyl (C=O) groups is 2. The van der Waals surface area contributed by atoms with Crippen LogP contribution in [0.4, 0.5) is 18.9 Å². The highest BCUT2D eigenvalue weighted by molar-refractivity contribution is 6.48. The molecule has 0 aliphatic heterocycles. The van der Waals surface area contributed by atoms with Crippen molar-refractivity contribution in [2.75, 3.05) is 5.32 Å². The minimum Gasteiger partial charge on any atom is -0.508 e. The molecule has 174 valence electrons. The number of nitrogens with zero attached hydrogens (tertiary/aromatic N) is 2. The van der Waals surface area contributed by atoms with Crippen molar-refractivity contribution in [3.05, 3.63) is 88.3 Å². The lowest BCUT2D eigenvalue weighted by atomic mass is 10.0. The number of hydrogen-bond donors (Lipinski definition) is 2. The predicted molar refractivity (Wildman–Crippen MR) is 121 cm³/mol. The first-order valence-corrected chi connectivity index (χ1v) is 10.4. The Balaban J connectivity index is 1.87. The fraction of sp³-hybridized carbons (Fsp3) is 0.125. The van der Waals surface area contributed by atoms with Crippen molar-refractivity contribution in [3.63, 3.8) is 0 Å². The van der Waals surface area contributed by atoms with Crippen LogP contribution in [0.1, 0.15) is 27.3 Å². The number of benzene rings is 2. The van der Waals surface area contributed by atoms with Crippen LogP contribution in [0.25, 0.3) is 10.9 Å². The largest absolute Gasteiger partial charge is 0.508 e. The van der Waals surface area contributed by atoms with Crippen molar-refractivity contribution in [2.24, 2.45) is 0 Å². The predicted octanol–water partition coefficient (Wildman–Crippen LogP) is 5.59. The summed E-state index contributed by atoms with van der Waals surface area (Å²) in [5.74, 6) is -2.97. The van der Waals surface area contributed by atoms with Crippen LogP contribution in [0.15, 0.2) is 60.8 Å². The molecule has 0 saturated heterocycles. The highest BCUT2D eigenvalue weighted by atomic mass is 35.5. The van der Waals surface area contributed by atoms with Crippen LogP contribution < -0.4 is 5.32 Å². The number of halogens is 4. The monoisotopic (exact) mass is 487 g/mol.